The Kier molecular flexibility index (Phi) is 8.06. The van der Waals surface area contributed by atoms with E-state index in [-0.39, 0.29) is 21.7 Å². The van der Waals surface area contributed by atoms with Crippen molar-refractivity contribution >= 4 is 49.9 Å². The van der Waals surface area contributed by atoms with Gasteiger partial charge >= 0.3 is 0 Å². The third kappa shape index (κ3) is 6.18. The molecule has 0 unspecified atom stereocenters. The van der Waals surface area contributed by atoms with Crippen LogP contribution in [0.3, 0.4) is 0 Å². The van der Waals surface area contributed by atoms with Gasteiger partial charge in [-0.05, 0) is 48.4 Å². The molecule has 0 aliphatic rings. The minimum absolute atomic E-state index is 0.0164. The normalized spacial score (nSPS) is 12.5. The summed E-state index contributed by atoms with van der Waals surface area (Å²) in [6, 6.07) is 13.7. The summed E-state index contributed by atoms with van der Waals surface area (Å²) in [4.78, 5) is 43.5. The highest BCUT2D eigenvalue weighted by Gasteiger charge is 2.34. The number of benzene rings is 3. The molecule has 0 saturated carbocycles. The Morgan fingerprint density at radius 2 is 1.30 bits per heavy atom. The number of nitroso groups, excluding NO2 is 3. The van der Waals surface area contributed by atoms with E-state index in [0.717, 1.165) is 29.8 Å². The van der Waals surface area contributed by atoms with Crippen LogP contribution in [-0.2, 0) is 10.1 Å². The van der Waals surface area contributed by atoms with E-state index in [9.17, 15) is 37.8 Å². The fourth-order valence-corrected chi connectivity index (χ4v) is 4.78. The van der Waals surface area contributed by atoms with Crippen molar-refractivity contribution in [3.05, 3.63) is 102 Å². The summed E-state index contributed by atoms with van der Waals surface area (Å²) >= 11 is 0. The number of hydrogen-bond acceptors (Lipinski definition) is 12. The van der Waals surface area contributed by atoms with Gasteiger partial charge in [-0.3, -0.25) is 14.7 Å². The van der Waals surface area contributed by atoms with Gasteiger partial charge < -0.3 is 0 Å². The van der Waals surface area contributed by atoms with Crippen LogP contribution in [0.15, 0.2) is 94.4 Å². The number of hydrogen-bond donors (Lipinski definition) is 1. The topological polar surface area (TPSA) is 211 Å². The van der Waals surface area contributed by atoms with Crippen LogP contribution in [0.5, 0.6) is 0 Å². The van der Waals surface area contributed by atoms with Crippen molar-refractivity contribution in [3.63, 3.8) is 0 Å². The first-order chi connectivity index (χ1) is 17.5. The van der Waals surface area contributed by atoms with Crippen LogP contribution < -0.4 is 0 Å². The van der Waals surface area contributed by atoms with E-state index in [1.165, 1.54) is 18.2 Å². The summed E-state index contributed by atoms with van der Waals surface area (Å²) in [5, 5.41) is 19.1. The summed E-state index contributed by atoms with van der Waals surface area (Å²) in [5.74, 6) is 0. The minimum atomic E-state index is -4.87. The van der Waals surface area contributed by atoms with E-state index in [1.807, 2.05) is 19.1 Å². The maximum absolute atomic E-state index is 11.8. The van der Waals surface area contributed by atoms with Gasteiger partial charge in [-0.25, -0.2) is 0 Å². The fourth-order valence-electron chi connectivity index (χ4n) is 3.03. The van der Waals surface area contributed by atoms with E-state index in [1.54, 1.807) is 12.1 Å². The largest absolute Gasteiger partial charge is 0.295 e. The molecule has 0 spiro atoms. The van der Waals surface area contributed by atoms with Crippen molar-refractivity contribution in [2.75, 3.05) is 0 Å². The number of non-ortho nitro benzene ring substituents is 1. The van der Waals surface area contributed by atoms with E-state index in [0.29, 0.717) is 11.8 Å². The molecule has 190 valence electrons. The fraction of sp³-hybridized carbons (Fsp3) is 0.0476. The standard InChI is InChI=1S/C21H16N6O8S2/c1-14-2-8-17(9-3-14)22-23-18-10-6-15(20(12-18)36(24-28,25-29)26-30)4-5-16-7-11-19(27(31)32)13-21(16)37(33,34)35/h2-13H,1H3,(H,33,34,35). The van der Waals surface area contributed by atoms with Crippen molar-refractivity contribution < 1.29 is 17.9 Å². The second-order valence-corrected chi connectivity index (χ2v) is 10.6. The molecule has 3 aromatic rings. The van der Waals surface area contributed by atoms with Gasteiger partial charge in [-0.1, -0.05) is 35.9 Å². The molecule has 37 heavy (non-hydrogen) atoms. The zero-order valence-electron chi connectivity index (χ0n) is 18.7. The smallest absolute Gasteiger partial charge is 0.282 e. The van der Waals surface area contributed by atoms with Crippen molar-refractivity contribution in [2.45, 2.75) is 16.7 Å². The third-order valence-electron chi connectivity index (χ3n) is 4.85. The Hall–Kier alpha value is -4.54. The average molecular weight is 545 g/mol. The Morgan fingerprint density at radius 3 is 1.84 bits per heavy atom. The van der Waals surface area contributed by atoms with Gasteiger partial charge in [-0.15, -0.1) is 14.7 Å². The molecule has 1 N–H and O–H groups in total. The molecule has 0 atom stereocenters. The van der Waals surface area contributed by atoms with E-state index < -0.39 is 36.2 Å². The second-order valence-electron chi connectivity index (χ2n) is 7.29. The molecule has 0 radical (unpaired) electrons. The van der Waals surface area contributed by atoms with Crippen LogP contribution in [0.1, 0.15) is 16.7 Å². The number of rotatable bonds is 10. The molecule has 0 amide bonds. The number of azo groups is 1. The lowest BCUT2D eigenvalue weighted by Gasteiger charge is -2.17. The Bertz CT molecular complexity index is 1530. The second kappa shape index (κ2) is 11.0. The maximum Gasteiger partial charge on any atom is 0.295 e. The van der Waals surface area contributed by atoms with Gasteiger partial charge in [0, 0.05) is 25.9 Å². The third-order valence-corrected chi connectivity index (χ3v) is 7.32. The first-order valence-corrected chi connectivity index (χ1v) is 12.9. The molecular formula is C21H16N6O8S2. The van der Waals surface area contributed by atoms with E-state index in [4.69, 9.17) is 0 Å². The zero-order valence-corrected chi connectivity index (χ0v) is 20.4. The molecule has 3 aromatic carbocycles. The monoisotopic (exact) mass is 544 g/mol. The zero-order chi connectivity index (χ0) is 27.2. The molecule has 0 fully saturated rings. The summed E-state index contributed by atoms with van der Waals surface area (Å²) < 4.78 is 40.7. The van der Waals surface area contributed by atoms with Crippen molar-refractivity contribution in [1.82, 2.24) is 0 Å². The van der Waals surface area contributed by atoms with Crippen LogP contribution in [0.25, 0.3) is 12.2 Å². The lowest BCUT2D eigenvalue weighted by atomic mass is 10.1. The minimum Gasteiger partial charge on any atom is -0.282 e. The summed E-state index contributed by atoms with van der Waals surface area (Å²) in [6.45, 7) is 1.89. The highest BCUT2D eigenvalue weighted by Crippen LogP contribution is 2.61. The quantitative estimate of drug-likeness (QED) is 0.0702. The highest BCUT2D eigenvalue weighted by atomic mass is 32.3. The SMILES string of the molecule is Cc1ccc(N=Nc2ccc(C=Cc3ccc([N+](=O)[O-])cc3S(=O)(=O)O)c(S(N=O)(N=O)N=O)c2)cc1. The maximum atomic E-state index is 11.8. The number of nitrogens with zero attached hydrogens (tertiary/aromatic N) is 6. The molecule has 3 rings (SSSR count). The molecule has 0 aromatic heterocycles. The van der Waals surface area contributed by atoms with Crippen LogP contribution in [0.2, 0.25) is 0 Å². The average Bonchev–Trinajstić information content (AvgIpc) is 2.88. The molecule has 14 nitrogen and oxygen atoms in total. The van der Waals surface area contributed by atoms with E-state index >= 15 is 0 Å². The number of nitro benzene ring substituents is 1. The molecule has 0 aliphatic carbocycles. The Labute approximate surface area is 210 Å². The Balaban J connectivity index is 2.13. The van der Waals surface area contributed by atoms with Crippen LogP contribution in [-0.4, -0.2) is 17.9 Å². The lowest BCUT2D eigenvalue weighted by molar-refractivity contribution is -0.385. The number of aryl methyl sites for hydroxylation is 1. The van der Waals surface area contributed by atoms with Crippen LogP contribution >= 0.6 is 10.6 Å². The molecular weight excluding hydrogens is 528 g/mol. The molecule has 0 aliphatic heterocycles. The van der Waals surface area contributed by atoms with Crippen molar-refractivity contribution in [2.24, 2.45) is 24.0 Å². The van der Waals surface area contributed by atoms with Gasteiger partial charge in [-0.2, -0.15) is 18.6 Å². The van der Waals surface area contributed by atoms with Gasteiger partial charge in [0.15, 0.2) is 10.6 Å². The Morgan fingerprint density at radius 1 is 0.784 bits per heavy atom. The van der Waals surface area contributed by atoms with Crippen molar-refractivity contribution in [3.8, 4) is 0 Å². The summed E-state index contributed by atoms with van der Waals surface area (Å²) in [7, 11) is -8.87. The highest BCUT2D eigenvalue weighted by molar-refractivity contribution is 8.30. The van der Waals surface area contributed by atoms with Crippen LogP contribution in [0.4, 0.5) is 17.1 Å². The van der Waals surface area contributed by atoms with Gasteiger partial charge in [0.2, 0.25) is 0 Å². The summed E-state index contributed by atoms with van der Waals surface area (Å²) in [6.07, 6.45) is 2.32. The van der Waals surface area contributed by atoms with E-state index in [2.05, 4.69) is 24.0 Å². The first kappa shape index (κ1) is 27.1. The number of nitro groups is 1. The molecule has 0 heterocycles. The predicted molar refractivity (Wildman–Crippen MR) is 137 cm³/mol. The summed E-state index contributed by atoms with van der Waals surface area (Å²) in [5.41, 5.74) is 0.887. The van der Waals surface area contributed by atoms with Crippen molar-refractivity contribution in [1.29, 1.82) is 0 Å². The van der Waals surface area contributed by atoms with Gasteiger partial charge in [0.25, 0.3) is 15.8 Å². The van der Waals surface area contributed by atoms with Gasteiger partial charge in [0.1, 0.15) is 4.90 Å². The first-order valence-electron chi connectivity index (χ1n) is 9.96. The van der Waals surface area contributed by atoms with Gasteiger partial charge in [0.05, 0.1) is 21.2 Å². The molecule has 0 saturated heterocycles. The molecule has 16 heteroatoms. The molecule has 0 bridgehead atoms. The predicted octanol–water partition coefficient (Wildman–Crippen LogP) is 6.94. The van der Waals surface area contributed by atoms with Crippen LogP contribution in [0, 0.1) is 31.8 Å². The lowest BCUT2D eigenvalue weighted by Crippen LogP contribution is -2.02.